The summed E-state index contributed by atoms with van der Waals surface area (Å²) in [5.41, 5.74) is 1.11. The summed E-state index contributed by atoms with van der Waals surface area (Å²) in [7, 11) is 0. The van der Waals surface area contributed by atoms with Gasteiger partial charge in [0.2, 0.25) is 5.91 Å². The zero-order chi connectivity index (χ0) is 19.8. The highest BCUT2D eigenvalue weighted by Gasteiger charge is 2.17. The molecular formula is C19H19N5O2S2. The van der Waals surface area contributed by atoms with Crippen LogP contribution in [-0.2, 0) is 11.3 Å². The number of hydrogen-bond donors (Lipinski definition) is 2. The number of nitrogens with one attached hydrogen (secondary N) is 2. The Balaban J connectivity index is 1.72. The number of imide groups is 1. The molecule has 3 rings (SSSR count). The monoisotopic (exact) mass is 413 g/mol. The molecule has 9 heteroatoms. The van der Waals surface area contributed by atoms with Gasteiger partial charge in [-0.05, 0) is 17.0 Å². The number of aromatic nitrogens is 3. The molecular weight excluding hydrogens is 394 g/mol. The summed E-state index contributed by atoms with van der Waals surface area (Å²) in [4.78, 5) is 24.6. The largest absolute Gasteiger partial charge is 0.334 e. The number of benzene rings is 1. The lowest BCUT2D eigenvalue weighted by atomic mass is 10.2. The van der Waals surface area contributed by atoms with Crippen molar-refractivity contribution in [2.24, 2.45) is 0 Å². The minimum Gasteiger partial charge on any atom is -0.334 e. The summed E-state index contributed by atoms with van der Waals surface area (Å²) < 4.78 is 1.98. The van der Waals surface area contributed by atoms with Gasteiger partial charge in [0.25, 0.3) is 0 Å². The molecule has 2 aromatic heterocycles. The fraction of sp³-hybridized carbons (Fsp3) is 0.158. The molecule has 3 amide bonds. The van der Waals surface area contributed by atoms with Crippen LogP contribution in [0.3, 0.4) is 0 Å². The van der Waals surface area contributed by atoms with E-state index in [9.17, 15) is 9.59 Å². The Hall–Kier alpha value is -2.91. The van der Waals surface area contributed by atoms with Crippen LogP contribution in [0.25, 0.3) is 10.7 Å². The van der Waals surface area contributed by atoms with Crippen molar-refractivity contribution in [2.45, 2.75) is 11.7 Å². The molecule has 0 unspecified atom stereocenters. The summed E-state index contributed by atoms with van der Waals surface area (Å²) in [6.45, 7) is 4.39. The minimum atomic E-state index is -0.546. The molecule has 0 bridgehead atoms. The second-order valence-corrected chi connectivity index (χ2v) is 7.58. The Morgan fingerprint density at radius 1 is 1.18 bits per heavy atom. The Morgan fingerprint density at radius 3 is 2.71 bits per heavy atom. The molecule has 0 aliphatic rings. The Labute approximate surface area is 170 Å². The van der Waals surface area contributed by atoms with Crippen LogP contribution in [0.2, 0.25) is 0 Å². The van der Waals surface area contributed by atoms with Crippen LogP contribution in [0.4, 0.5) is 4.79 Å². The van der Waals surface area contributed by atoms with Crippen molar-refractivity contribution in [1.29, 1.82) is 0 Å². The lowest BCUT2D eigenvalue weighted by molar-refractivity contribution is -0.117. The topological polar surface area (TPSA) is 88.9 Å². The van der Waals surface area contributed by atoms with E-state index in [1.54, 1.807) is 11.3 Å². The maximum atomic E-state index is 12.0. The van der Waals surface area contributed by atoms with Gasteiger partial charge in [0.05, 0.1) is 17.2 Å². The second kappa shape index (κ2) is 9.86. The van der Waals surface area contributed by atoms with Crippen LogP contribution in [0, 0.1) is 0 Å². The van der Waals surface area contributed by atoms with Crippen molar-refractivity contribution < 1.29 is 9.59 Å². The average Bonchev–Trinajstić information content (AvgIpc) is 3.35. The third-order valence-electron chi connectivity index (χ3n) is 3.63. The van der Waals surface area contributed by atoms with Crippen LogP contribution < -0.4 is 10.6 Å². The molecule has 2 heterocycles. The molecule has 2 N–H and O–H groups in total. The summed E-state index contributed by atoms with van der Waals surface area (Å²) in [6.07, 6.45) is 1.54. The third kappa shape index (κ3) is 5.30. The van der Waals surface area contributed by atoms with Crippen LogP contribution in [0.5, 0.6) is 0 Å². The number of carbonyl (C=O) groups is 2. The van der Waals surface area contributed by atoms with Crippen molar-refractivity contribution in [3.05, 3.63) is 66.1 Å². The van der Waals surface area contributed by atoms with Crippen LogP contribution in [0.15, 0.2) is 65.7 Å². The Bertz CT molecular complexity index is 939. The second-order valence-electron chi connectivity index (χ2n) is 5.69. The lowest BCUT2D eigenvalue weighted by Gasteiger charge is -2.10. The van der Waals surface area contributed by atoms with E-state index < -0.39 is 11.9 Å². The number of thioether (sulfide) groups is 1. The summed E-state index contributed by atoms with van der Waals surface area (Å²) in [5, 5.41) is 16.0. The van der Waals surface area contributed by atoms with E-state index in [0.29, 0.717) is 18.2 Å². The average molecular weight is 414 g/mol. The third-order valence-corrected chi connectivity index (χ3v) is 5.47. The van der Waals surface area contributed by atoms with Gasteiger partial charge >= 0.3 is 6.03 Å². The molecule has 0 radical (unpaired) electrons. The molecule has 28 heavy (non-hydrogen) atoms. The Kier molecular flexibility index (Phi) is 6.99. The van der Waals surface area contributed by atoms with Gasteiger partial charge in [0, 0.05) is 6.54 Å². The first-order valence-corrected chi connectivity index (χ1v) is 10.4. The SMILES string of the molecule is C=CCNC(=O)NC(=O)CSc1nnc(-c2cccs2)n1Cc1ccccc1. The first kappa shape index (κ1) is 19.8. The number of amides is 3. The van der Waals surface area contributed by atoms with E-state index in [4.69, 9.17) is 0 Å². The predicted molar refractivity (Wildman–Crippen MR) is 111 cm³/mol. The van der Waals surface area contributed by atoms with Gasteiger partial charge in [0.1, 0.15) is 0 Å². The van der Waals surface area contributed by atoms with Gasteiger partial charge in [-0.1, -0.05) is 54.2 Å². The maximum absolute atomic E-state index is 12.0. The van der Waals surface area contributed by atoms with Crippen molar-refractivity contribution in [3.8, 4) is 10.7 Å². The molecule has 7 nitrogen and oxygen atoms in total. The zero-order valence-corrected chi connectivity index (χ0v) is 16.6. The van der Waals surface area contributed by atoms with Crippen molar-refractivity contribution >= 4 is 35.0 Å². The predicted octanol–water partition coefficient (Wildman–Crippen LogP) is 3.16. The quantitative estimate of drug-likeness (QED) is 0.437. The minimum absolute atomic E-state index is 0.0544. The first-order chi connectivity index (χ1) is 13.7. The molecule has 0 aliphatic heterocycles. The fourth-order valence-electron chi connectivity index (χ4n) is 2.39. The highest BCUT2D eigenvalue weighted by Crippen LogP contribution is 2.28. The molecule has 3 aromatic rings. The van der Waals surface area contributed by atoms with Crippen molar-refractivity contribution in [2.75, 3.05) is 12.3 Å². The molecule has 144 valence electrons. The van der Waals surface area contributed by atoms with Crippen LogP contribution in [0.1, 0.15) is 5.56 Å². The smallest absolute Gasteiger partial charge is 0.321 e. The molecule has 0 spiro atoms. The van der Waals surface area contributed by atoms with Gasteiger partial charge in [-0.2, -0.15) is 0 Å². The number of nitrogens with zero attached hydrogens (tertiary/aromatic N) is 3. The van der Waals surface area contributed by atoms with E-state index in [1.807, 2.05) is 52.4 Å². The molecule has 0 aliphatic carbocycles. The van der Waals surface area contributed by atoms with E-state index in [2.05, 4.69) is 27.4 Å². The first-order valence-electron chi connectivity index (χ1n) is 8.49. The molecule has 0 atom stereocenters. The number of hydrogen-bond acceptors (Lipinski definition) is 6. The molecule has 0 fully saturated rings. The Morgan fingerprint density at radius 2 is 2.00 bits per heavy atom. The van der Waals surface area contributed by atoms with E-state index >= 15 is 0 Å². The van der Waals surface area contributed by atoms with Gasteiger partial charge in [-0.25, -0.2) is 4.79 Å². The standard InChI is InChI=1S/C19H19N5O2S2/c1-2-10-20-18(26)21-16(25)13-28-19-23-22-17(15-9-6-11-27-15)24(19)12-14-7-4-3-5-8-14/h2-9,11H,1,10,12-13H2,(H2,20,21,25,26). The van der Waals surface area contributed by atoms with Gasteiger partial charge in [-0.15, -0.1) is 28.1 Å². The zero-order valence-electron chi connectivity index (χ0n) is 15.0. The van der Waals surface area contributed by atoms with E-state index in [-0.39, 0.29) is 5.75 Å². The van der Waals surface area contributed by atoms with E-state index in [1.165, 1.54) is 17.8 Å². The lowest BCUT2D eigenvalue weighted by Crippen LogP contribution is -2.40. The van der Waals surface area contributed by atoms with E-state index in [0.717, 1.165) is 16.3 Å². The maximum Gasteiger partial charge on any atom is 0.321 e. The molecule has 0 saturated carbocycles. The number of rotatable bonds is 8. The summed E-state index contributed by atoms with van der Waals surface area (Å²) in [6, 6.07) is 13.4. The van der Waals surface area contributed by atoms with Crippen molar-refractivity contribution in [3.63, 3.8) is 0 Å². The normalized spacial score (nSPS) is 10.4. The highest BCUT2D eigenvalue weighted by molar-refractivity contribution is 7.99. The van der Waals surface area contributed by atoms with Gasteiger partial charge < -0.3 is 5.32 Å². The van der Waals surface area contributed by atoms with Gasteiger partial charge in [-0.3, -0.25) is 14.7 Å². The molecule has 0 saturated heterocycles. The van der Waals surface area contributed by atoms with Gasteiger partial charge in [0.15, 0.2) is 11.0 Å². The molecule has 1 aromatic carbocycles. The van der Waals surface area contributed by atoms with Crippen LogP contribution >= 0.6 is 23.1 Å². The summed E-state index contributed by atoms with van der Waals surface area (Å²) >= 11 is 2.82. The van der Waals surface area contributed by atoms with Crippen LogP contribution in [-0.4, -0.2) is 39.0 Å². The fourth-order valence-corrected chi connectivity index (χ4v) is 3.85. The number of carbonyl (C=O) groups excluding carboxylic acids is 2. The van der Waals surface area contributed by atoms with Crippen molar-refractivity contribution in [1.82, 2.24) is 25.4 Å². The summed E-state index contributed by atoms with van der Waals surface area (Å²) in [5.74, 6) is 0.405. The number of thiophene rings is 1. The highest BCUT2D eigenvalue weighted by atomic mass is 32.2. The number of urea groups is 1.